The summed E-state index contributed by atoms with van der Waals surface area (Å²) >= 11 is 0. The first-order chi connectivity index (χ1) is 8.70. The van der Waals surface area contributed by atoms with Crippen LogP contribution in [0.2, 0.25) is 0 Å². The molecule has 0 saturated carbocycles. The van der Waals surface area contributed by atoms with Gasteiger partial charge in [0.1, 0.15) is 5.82 Å². The van der Waals surface area contributed by atoms with Gasteiger partial charge in [-0.15, -0.1) is 0 Å². The van der Waals surface area contributed by atoms with Crippen LogP contribution in [0.5, 0.6) is 0 Å². The van der Waals surface area contributed by atoms with Gasteiger partial charge in [-0.1, -0.05) is 6.07 Å². The maximum absolute atomic E-state index is 13.1. The maximum Gasteiger partial charge on any atom is 0.419 e. The van der Waals surface area contributed by atoms with Crippen molar-refractivity contribution in [1.29, 1.82) is 0 Å². The lowest BCUT2D eigenvalue weighted by atomic mass is 9.90. The molecule has 1 aromatic rings. The number of alkyl halides is 3. The number of amides is 1. The van der Waals surface area contributed by atoms with Crippen LogP contribution in [0, 0.1) is 5.82 Å². The van der Waals surface area contributed by atoms with Crippen molar-refractivity contribution in [2.24, 2.45) is 0 Å². The molecule has 0 aromatic heterocycles. The van der Waals surface area contributed by atoms with E-state index in [9.17, 15) is 22.4 Å². The van der Waals surface area contributed by atoms with E-state index in [4.69, 9.17) is 0 Å². The normalized spacial score (nSPS) is 23.5. The van der Waals surface area contributed by atoms with E-state index in [1.54, 1.807) is 6.92 Å². The van der Waals surface area contributed by atoms with Crippen LogP contribution < -0.4 is 5.32 Å². The Labute approximate surface area is 107 Å². The molecule has 0 aliphatic carbocycles. The molecule has 2 rings (SSSR count). The molecular formula is C13H13F4NO. The van der Waals surface area contributed by atoms with Gasteiger partial charge in [-0.25, -0.2) is 4.39 Å². The van der Waals surface area contributed by atoms with Crippen LogP contribution in [0.1, 0.15) is 30.9 Å². The molecule has 1 aliphatic rings. The lowest BCUT2D eigenvalue weighted by Crippen LogP contribution is -2.40. The third kappa shape index (κ3) is 3.05. The van der Waals surface area contributed by atoms with Crippen LogP contribution in [0.4, 0.5) is 17.6 Å². The van der Waals surface area contributed by atoms with E-state index in [1.165, 1.54) is 6.07 Å². The van der Waals surface area contributed by atoms with Crippen LogP contribution in [-0.2, 0) is 17.4 Å². The molecule has 1 unspecified atom stereocenters. The van der Waals surface area contributed by atoms with Crippen molar-refractivity contribution in [1.82, 2.24) is 5.32 Å². The molecule has 1 N–H and O–H groups in total. The van der Waals surface area contributed by atoms with Gasteiger partial charge in [0.15, 0.2) is 0 Å². The first kappa shape index (κ1) is 13.8. The van der Waals surface area contributed by atoms with E-state index in [1.807, 2.05) is 0 Å². The summed E-state index contributed by atoms with van der Waals surface area (Å²) in [4.78, 5) is 11.2. The lowest BCUT2D eigenvalue weighted by Gasteiger charge is -2.24. The highest BCUT2D eigenvalue weighted by molar-refractivity contribution is 5.79. The van der Waals surface area contributed by atoms with Crippen molar-refractivity contribution >= 4 is 5.91 Å². The van der Waals surface area contributed by atoms with E-state index in [2.05, 4.69) is 5.32 Å². The summed E-state index contributed by atoms with van der Waals surface area (Å²) in [6, 6.07) is 2.95. The van der Waals surface area contributed by atoms with Gasteiger partial charge in [0.05, 0.1) is 5.56 Å². The second kappa shape index (κ2) is 4.51. The molecule has 19 heavy (non-hydrogen) atoms. The Balaban J connectivity index is 2.25. The molecular weight excluding hydrogens is 262 g/mol. The molecule has 0 bridgehead atoms. The molecule has 1 heterocycles. The summed E-state index contributed by atoms with van der Waals surface area (Å²) in [5.41, 5.74) is -1.46. The minimum atomic E-state index is -4.71. The average Bonchev–Trinajstić information content (AvgIpc) is 2.60. The van der Waals surface area contributed by atoms with Gasteiger partial charge in [0.2, 0.25) is 5.91 Å². The van der Waals surface area contributed by atoms with Crippen molar-refractivity contribution < 1.29 is 22.4 Å². The van der Waals surface area contributed by atoms with E-state index in [0.717, 1.165) is 12.1 Å². The number of rotatable bonds is 2. The molecule has 1 aliphatic heterocycles. The number of carbonyl (C=O) groups is 1. The summed E-state index contributed by atoms with van der Waals surface area (Å²) in [6.45, 7) is 1.77. The Hall–Kier alpha value is -1.59. The molecule has 1 saturated heterocycles. The highest BCUT2D eigenvalue weighted by Crippen LogP contribution is 2.33. The number of nitrogens with one attached hydrogen (secondary N) is 1. The molecule has 104 valence electrons. The predicted octanol–water partition coefficient (Wildman–Crippen LogP) is 3.06. The van der Waals surface area contributed by atoms with Gasteiger partial charge < -0.3 is 5.32 Å². The zero-order valence-electron chi connectivity index (χ0n) is 10.3. The highest BCUT2D eigenvalue weighted by Gasteiger charge is 2.36. The largest absolute Gasteiger partial charge is 0.419 e. The molecule has 1 aromatic carbocycles. The van der Waals surface area contributed by atoms with Crippen LogP contribution in [-0.4, -0.2) is 11.4 Å². The van der Waals surface area contributed by atoms with Crippen molar-refractivity contribution in [3.05, 3.63) is 35.1 Å². The molecule has 6 heteroatoms. The van der Waals surface area contributed by atoms with Crippen molar-refractivity contribution in [2.75, 3.05) is 0 Å². The lowest BCUT2D eigenvalue weighted by molar-refractivity contribution is -0.140. The van der Waals surface area contributed by atoms with Crippen molar-refractivity contribution in [3.63, 3.8) is 0 Å². The van der Waals surface area contributed by atoms with E-state index >= 15 is 0 Å². The third-order valence-corrected chi connectivity index (χ3v) is 3.28. The Kier molecular flexibility index (Phi) is 3.28. The Morgan fingerprint density at radius 1 is 1.37 bits per heavy atom. The molecule has 1 fully saturated rings. The fourth-order valence-electron chi connectivity index (χ4n) is 2.33. The number of hydrogen-bond acceptors (Lipinski definition) is 1. The topological polar surface area (TPSA) is 29.1 Å². The van der Waals surface area contributed by atoms with E-state index < -0.39 is 23.1 Å². The molecule has 0 radical (unpaired) electrons. The minimum absolute atomic E-state index is 0.111. The van der Waals surface area contributed by atoms with Crippen LogP contribution in [0.3, 0.4) is 0 Å². The zero-order valence-corrected chi connectivity index (χ0v) is 10.3. The molecule has 1 atom stereocenters. The fourth-order valence-corrected chi connectivity index (χ4v) is 2.33. The van der Waals surface area contributed by atoms with Crippen molar-refractivity contribution in [2.45, 2.75) is 37.9 Å². The first-order valence-electron chi connectivity index (χ1n) is 5.86. The van der Waals surface area contributed by atoms with Crippen LogP contribution in [0.25, 0.3) is 0 Å². The van der Waals surface area contributed by atoms with Crippen LogP contribution >= 0.6 is 0 Å². The summed E-state index contributed by atoms with van der Waals surface area (Å²) in [7, 11) is 0. The average molecular weight is 275 g/mol. The molecule has 0 spiro atoms. The van der Waals surface area contributed by atoms with Gasteiger partial charge in [-0.3, -0.25) is 4.79 Å². The number of halogens is 4. The Morgan fingerprint density at radius 2 is 2.05 bits per heavy atom. The predicted molar refractivity (Wildman–Crippen MR) is 60.9 cm³/mol. The second-order valence-electron chi connectivity index (χ2n) is 5.10. The highest BCUT2D eigenvalue weighted by atomic mass is 19.4. The minimum Gasteiger partial charge on any atom is -0.351 e. The van der Waals surface area contributed by atoms with Crippen molar-refractivity contribution in [3.8, 4) is 0 Å². The van der Waals surface area contributed by atoms with Gasteiger partial charge >= 0.3 is 6.18 Å². The summed E-state index contributed by atoms with van der Waals surface area (Å²) in [6.07, 6.45) is -3.53. The zero-order chi connectivity index (χ0) is 14.3. The van der Waals surface area contributed by atoms with Crippen LogP contribution in [0.15, 0.2) is 18.2 Å². The summed E-state index contributed by atoms with van der Waals surface area (Å²) in [5, 5.41) is 2.74. The number of benzene rings is 1. The third-order valence-electron chi connectivity index (χ3n) is 3.28. The Morgan fingerprint density at radius 3 is 2.58 bits per heavy atom. The monoisotopic (exact) mass is 275 g/mol. The molecule has 2 nitrogen and oxygen atoms in total. The smallest absolute Gasteiger partial charge is 0.351 e. The van der Waals surface area contributed by atoms with Gasteiger partial charge in [-0.05, 0) is 37.5 Å². The SMILES string of the molecule is CC1(Cc2ccc(F)c(C(F)(F)F)c2)CCC(=O)N1. The molecule has 1 amide bonds. The van der Waals surface area contributed by atoms with Gasteiger partial charge in [0, 0.05) is 12.0 Å². The summed E-state index contributed by atoms with van der Waals surface area (Å²) in [5.74, 6) is -1.39. The first-order valence-corrected chi connectivity index (χ1v) is 5.86. The number of carbonyl (C=O) groups excluding carboxylic acids is 1. The summed E-state index contributed by atoms with van der Waals surface area (Å²) < 4.78 is 50.9. The Bertz CT molecular complexity index is 512. The van der Waals surface area contributed by atoms with E-state index in [-0.39, 0.29) is 12.3 Å². The van der Waals surface area contributed by atoms with E-state index in [0.29, 0.717) is 18.4 Å². The standard InChI is InChI=1S/C13H13F4NO/c1-12(5-4-11(19)18-12)7-8-2-3-10(14)9(6-8)13(15,16)17/h2-3,6H,4-5,7H2,1H3,(H,18,19). The van der Waals surface area contributed by atoms with Gasteiger partial charge in [0.25, 0.3) is 0 Å². The maximum atomic E-state index is 13.1. The number of hydrogen-bond donors (Lipinski definition) is 1. The fraction of sp³-hybridized carbons (Fsp3) is 0.462. The van der Waals surface area contributed by atoms with Gasteiger partial charge in [-0.2, -0.15) is 13.2 Å². The second-order valence-corrected chi connectivity index (χ2v) is 5.10. The quantitative estimate of drug-likeness (QED) is 0.826.